The van der Waals surface area contributed by atoms with Crippen LogP contribution in [0.3, 0.4) is 0 Å². The summed E-state index contributed by atoms with van der Waals surface area (Å²) in [6.45, 7) is 4.43. The van der Waals surface area contributed by atoms with Crippen LogP contribution in [0.4, 0.5) is 5.69 Å². The van der Waals surface area contributed by atoms with Crippen molar-refractivity contribution in [3.63, 3.8) is 0 Å². The topological polar surface area (TPSA) is 49.9 Å². The Morgan fingerprint density at radius 2 is 1.88 bits per heavy atom. The van der Waals surface area contributed by atoms with Crippen LogP contribution in [0.2, 0.25) is 0 Å². The Labute approximate surface area is 158 Å². The first kappa shape index (κ1) is 20.6. The number of unbranched alkanes of at least 4 members (excludes halogenated alkanes) is 3. The molecule has 1 fully saturated rings. The summed E-state index contributed by atoms with van der Waals surface area (Å²) in [6, 6.07) is 7.83. The van der Waals surface area contributed by atoms with Gasteiger partial charge >= 0.3 is 0 Å². The molecule has 1 radical (unpaired) electrons. The lowest BCUT2D eigenvalue weighted by atomic mass is 10.2. The average molecular weight is 378 g/mol. The van der Waals surface area contributed by atoms with E-state index < -0.39 is 10.0 Å². The van der Waals surface area contributed by atoms with E-state index >= 15 is 0 Å². The summed E-state index contributed by atoms with van der Waals surface area (Å²) in [5.41, 5.74) is 1.01. The molecule has 2 rings (SSSR count). The minimum atomic E-state index is -3.28. The molecule has 0 aliphatic carbocycles. The van der Waals surface area contributed by atoms with Crippen molar-refractivity contribution < 1.29 is 13.2 Å². The van der Waals surface area contributed by atoms with Crippen molar-refractivity contribution in [1.29, 1.82) is 0 Å². The molecule has 1 saturated heterocycles. The molecule has 0 aromatic heterocycles. The highest BCUT2D eigenvalue weighted by Gasteiger charge is 2.27. The Hall–Kier alpha value is -1.71. The first-order chi connectivity index (χ1) is 12.6. The van der Waals surface area contributed by atoms with Gasteiger partial charge in [0.1, 0.15) is 5.75 Å². The Morgan fingerprint density at radius 1 is 1.15 bits per heavy atom. The first-order valence-electron chi connectivity index (χ1n) is 9.24. The molecular weight excluding hydrogens is 348 g/mol. The van der Waals surface area contributed by atoms with Gasteiger partial charge in [0.15, 0.2) is 0 Å². The van der Waals surface area contributed by atoms with Crippen molar-refractivity contribution in [3.05, 3.63) is 30.7 Å². The molecule has 0 saturated carbocycles. The lowest BCUT2D eigenvalue weighted by Gasteiger charge is -2.35. The number of hydrogen-bond acceptors (Lipinski definition) is 4. The molecule has 0 amide bonds. The molecule has 1 heterocycles. The van der Waals surface area contributed by atoms with Crippen molar-refractivity contribution in [2.45, 2.75) is 32.6 Å². The summed E-state index contributed by atoms with van der Waals surface area (Å²) in [6.07, 6.45) is 5.83. The summed E-state index contributed by atoms with van der Waals surface area (Å²) < 4.78 is 31.9. The Kier molecular flexibility index (Phi) is 8.27. The number of ether oxygens (including phenoxy) is 1. The predicted molar refractivity (Wildman–Crippen MR) is 107 cm³/mol. The molecule has 26 heavy (non-hydrogen) atoms. The number of piperazine rings is 1. The molecule has 1 aromatic carbocycles. The quantitative estimate of drug-likeness (QED) is 0.516. The Morgan fingerprint density at radius 3 is 2.58 bits per heavy atom. The smallest absolute Gasteiger partial charge is 0.215 e. The Bertz CT molecular complexity index is 714. The van der Waals surface area contributed by atoms with E-state index in [2.05, 4.69) is 23.7 Å². The summed E-state index contributed by atoms with van der Waals surface area (Å²) in [4.78, 5) is 2.17. The third kappa shape index (κ3) is 5.93. The van der Waals surface area contributed by atoms with E-state index in [4.69, 9.17) is 4.74 Å². The van der Waals surface area contributed by atoms with Gasteiger partial charge in [0.25, 0.3) is 0 Å². The number of nitrogens with zero attached hydrogens (tertiary/aromatic N) is 2. The number of rotatable bonds is 8. The number of sulfonamides is 1. The molecule has 0 unspecified atom stereocenters. The van der Waals surface area contributed by atoms with Gasteiger partial charge in [0.2, 0.25) is 10.0 Å². The largest absolute Gasteiger partial charge is 0.495 e. The van der Waals surface area contributed by atoms with Crippen molar-refractivity contribution in [2.75, 3.05) is 43.9 Å². The summed E-state index contributed by atoms with van der Waals surface area (Å²) in [5, 5.41) is 0. The lowest BCUT2D eigenvalue weighted by molar-refractivity contribution is 0.379. The second kappa shape index (κ2) is 10.4. The van der Waals surface area contributed by atoms with Gasteiger partial charge in [-0.05, 0) is 18.6 Å². The molecule has 0 atom stereocenters. The van der Waals surface area contributed by atoms with Crippen LogP contribution in [0.1, 0.15) is 32.6 Å². The normalized spacial score (nSPS) is 15.4. The van der Waals surface area contributed by atoms with Crippen LogP contribution in [-0.4, -0.2) is 51.8 Å². The van der Waals surface area contributed by atoms with Crippen molar-refractivity contribution in [1.82, 2.24) is 4.31 Å². The minimum Gasteiger partial charge on any atom is -0.495 e. The molecule has 1 aromatic rings. The molecular formula is C20H29N2O3S. The highest BCUT2D eigenvalue weighted by Crippen LogP contribution is 2.28. The van der Waals surface area contributed by atoms with Gasteiger partial charge in [0, 0.05) is 32.6 Å². The Balaban J connectivity index is 1.82. The number of hydrogen-bond donors (Lipinski definition) is 0. The van der Waals surface area contributed by atoms with E-state index in [1.165, 1.54) is 12.8 Å². The van der Waals surface area contributed by atoms with E-state index in [0.717, 1.165) is 24.3 Å². The van der Waals surface area contributed by atoms with Crippen molar-refractivity contribution in [3.8, 4) is 17.6 Å². The van der Waals surface area contributed by atoms with Gasteiger partial charge in [-0.2, -0.15) is 4.31 Å². The van der Waals surface area contributed by atoms with Gasteiger partial charge in [0.05, 0.1) is 25.0 Å². The fourth-order valence-electron chi connectivity index (χ4n) is 2.96. The van der Waals surface area contributed by atoms with E-state index in [-0.39, 0.29) is 5.75 Å². The van der Waals surface area contributed by atoms with Crippen LogP contribution in [0.15, 0.2) is 24.3 Å². The van der Waals surface area contributed by atoms with Crippen LogP contribution in [-0.2, 0) is 10.0 Å². The number of anilines is 1. The maximum atomic E-state index is 12.5. The monoisotopic (exact) mass is 377 g/mol. The number of methoxy groups -OCH3 is 1. The van der Waals surface area contributed by atoms with Crippen LogP contribution in [0.25, 0.3) is 0 Å². The highest BCUT2D eigenvalue weighted by molar-refractivity contribution is 7.89. The van der Waals surface area contributed by atoms with Crippen molar-refractivity contribution in [2.24, 2.45) is 0 Å². The second-order valence-corrected chi connectivity index (χ2v) is 8.33. The summed E-state index contributed by atoms with van der Waals surface area (Å²) in [7, 11) is -1.63. The molecule has 0 spiro atoms. The van der Waals surface area contributed by atoms with Gasteiger partial charge in [-0.3, -0.25) is 0 Å². The SMILES string of the molecule is CCCCCC#C[CH]CS(=O)(=O)N1CCN(c2ccccc2OC)CC1. The van der Waals surface area contributed by atoms with Gasteiger partial charge in [-0.25, -0.2) is 8.42 Å². The standard InChI is InChI=1S/C20H29N2O3S/c1-3-4-5-6-7-8-11-18-26(23,24)22-16-14-21(15-17-22)19-12-9-10-13-20(19)25-2/h9-13H,3-6,14-18H2,1-2H3. The van der Waals surface area contributed by atoms with Crippen LogP contribution < -0.4 is 9.64 Å². The molecule has 6 heteroatoms. The molecule has 0 bridgehead atoms. The molecule has 0 N–H and O–H groups in total. The van der Waals surface area contributed by atoms with E-state index in [1.807, 2.05) is 24.3 Å². The maximum absolute atomic E-state index is 12.5. The summed E-state index contributed by atoms with van der Waals surface area (Å²) in [5.74, 6) is 6.71. The highest BCUT2D eigenvalue weighted by atomic mass is 32.2. The zero-order valence-electron chi connectivity index (χ0n) is 15.8. The molecule has 1 aliphatic rings. The van der Waals surface area contributed by atoms with Gasteiger partial charge in [-0.15, -0.1) is 5.92 Å². The minimum absolute atomic E-state index is 0.0115. The van der Waals surface area contributed by atoms with E-state index in [9.17, 15) is 8.42 Å². The lowest BCUT2D eigenvalue weighted by Crippen LogP contribution is -2.49. The fraction of sp³-hybridized carbons (Fsp3) is 0.550. The second-order valence-electron chi connectivity index (χ2n) is 6.32. The zero-order valence-corrected chi connectivity index (χ0v) is 16.6. The molecule has 143 valence electrons. The van der Waals surface area contributed by atoms with Crippen LogP contribution >= 0.6 is 0 Å². The first-order valence-corrected chi connectivity index (χ1v) is 10.8. The number of para-hydroxylation sites is 2. The van der Waals surface area contributed by atoms with Gasteiger partial charge in [-0.1, -0.05) is 37.8 Å². The predicted octanol–water partition coefficient (Wildman–Crippen LogP) is 2.93. The molecule has 5 nitrogen and oxygen atoms in total. The van der Waals surface area contributed by atoms with E-state index in [1.54, 1.807) is 17.8 Å². The maximum Gasteiger partial charge on any atom is 0.215 e. The van der Waals surface area contributed by atoms with E-state index in [0.29, 0.717) is 26.2 Å². The fourth-order valence-corrected chi connectivity index (χ4v) is 4.18. The van der Waals surface area contributed by atoms with Crippen molar-refractivity contribution >= 4 is 15.7 Å². The zero-order chi connectivity index (χ0) is 18.8. The molecule has 1 aliphatic heterocycles. The van der Waals surface area contributed by atoms with Crippen LogP contribution in [0.5, 0.6) is 5.75 Å². The third-order valence-electron chi connectivity index (χ3n) is 4.46. The number of benzene rings is 1. The average Bonchev–Trinajstić information content (AvgIpc) is 2.67. The van der Waals surface area contributed by atoms with Gasteiger partial charge < -0.3 is 9.64 Å². The summed E-state index contributed by atoms with van der Waals surface area (Å²) >= 11 is 0. The third-order valence-corrected chi connectivity index (χ3v) is 6.20. The van der Waals surface area contributed by atoms with Crippen LogP contribution in [0, 0.1) is 18.3 Å².